The quantitative estimate of drug-likeness (QED) is 0.680. The van der Waals surface area contributed by atoms with Crippen molar-refractivity contribution in [2.75, 3.05) is 26.8 Å². The van der Waals surface area contributed by atoms with Crippen LogP contribution in [0.4, 0.5) is 0 Å². The molecule has 1 amide bonds. The van der Waals surface area contributed by atoms with Crippen LogP contribution in [0.3, 0.4) is 0 Å². The molecule has 3 N–H and O–H groups in total. The smallest absolute Gasteiger partial charge is 0.233 e. The highest BCUT2D eigenvalue weighted by atomic mass is 16.5. The fourth-order valence-corrected chi connectivity index (χ4v) is 1.25. The number of nitrogens with two attached hydrogens (primary N) is 1. The van der Waals surface area contributed by atoms with Gasteiger partial charge in [-0.25, -0.2) is 0 Å². The Morgan fingerprint density at radius 2 is 2.18 bits per heavy atom. The van der Waals surface area contributed by atoms with E-state index in [0.29, 0.717) is 13.2 Å². The third-order valence-electron chi connectivity index (χ3n) is 2.14. The Bertz CT molecular complexity index is 355. The molecule has 0 aliphatic heterocycles. The van der Waals surface area contributed by atoms with Crippen molar-refractivity contribution in [1.29, 1.82) is 0 Å². The second kappa shape index (κ2) is 7.51. The lowest BCUT2D eigenvalue weighted by atomic mass is 10.3. The van der Waals surface area contributed by atoms with E-state index in [1.165, 1.54) is 0 Å². The highest BCUT2D eigenvalue weighted by Gasteiger charge is 1.98. The second-order valence-electron chi connectivity index (χ2n) is 3.44. The summed E-state index contributed by atoms with van der Waals surface area (Å²) in [4.78, 5) is 10.8. The zero-order valence-electron chi connectivity index (χ0n) is 9.94. The van der Waals surface area contributed by atoms with Crippen LogP contribution in [0, 0.1) is 0 Å². The van der Waals surface area contributed by atoms with E-state index in [1.807, 2.05) is 24.3 Å². The molecule has 94 valence electrons. The van der Waals surface area contributed by atoms with Crippen molar-refractivity contribution in [1.82, 2.24) is 5.32 Å². The molecule has 0 saturated carbocycles. The molecule has 1 aromatic carbocycles. The fraction of sp³-hybridized carbons (Fsp3) is 0.417. The van der Waals surface area contributed by atoms with Crippen LogP contribution in [0.2, 0.25) is 0 Å². The standard InChI is InChI=1S/C12H18N2O3/c1-16-10-4-2-5-11(8-10)17-7-3-6-14-12(15)9-13/h2,4-5,8H,3,6-7,9,13H2,1H3,(H,14,15). The summed E-state index contributed by atoms with van der Waals surface area (Å²) < 4.78 is 10.6. The monoisotopic (exact) mass is 238 g/mol. The number of carbonyl (C=O) groups is 1. The molecular formula is C12H18N2O3. The number of ether oxygens (including phenoxy) is 2. The number of rotatable bonds is 7. The maximum atomic E-state index is 10.8. The van der Waals surface area contributed by atoms with Crippen molar-refractivity contribution < 1.29 is 14.3 Å². The largest absolute Gasteiger partial charge is 0.497 e. The van der Waals surface area contributed by atoms with Gasteiger partial charge in [0.15, 0.2) is 0 Å². The predicted octanol–water partition coefficient (Wildman–Crippen LogP) is 0.539. The SMILES string of the molecule is COc1cccc(OCCCNC(=O)CN)c1. The van der Waals surface area contributed by atoms with Crippen molar-refractivity contribution in [3.63, 3.8) is 0 Å². The average molecular weight is 238 g/mol. The lowest BCUT2D eigenvalue weighted by Gasteiger charge is -2.08. The Hall–Kier alpha value is -1.75. The number of benzene rings is 1. The second-order valence-corrected chi connectivity index (χ2v) is 3.44. The Morgan fingerprint density at radius 1 is 1.41 bits per heavy atom. The number of carbonyl (C=O) groups excluding carboxylic acids is 1. The van der Waals surface area contributed by atoms with Crippen molar-refractivity contribution in [2.45, 2.75) is 6.42 Å². The number of methoxy groups -OCH3 is 1. The summed E-state index contributed by atoms with van der Waals surface area (Å²) in [5.74, 6) is 1.37. The molecule has 0 bridgehead atoms. The van der Waals surface area contributed by atoms with Gasteiger partial charge >= 0.3 is 0 Å². The molecule has 0 heterocycles. The van der Waals surface area contributed by atoms with Crippen LogP contribution in [0.1, 0.15) is 6.42 Å². The van der Waals surface area contributed by atoms with Crippen LogP contribution in [0.25, 0.3) is 0 Å². The maximum absolute atomic E-state index is 10.8. The third-order valence-corrected chi connectivity index (χ3v) is 2.14. The van der Waals surface area contributed by atoms with Crippen molar-refractivity contribution >= 4 is 5.91 Å². The van der Waals surface area contributed by atoms with Crippen LogP contribution in [-0.2, 0) is 4.79 Å². The van der Waals surface area contributed by atoms with Crippen LogP contribution in [0.15, 0.2) is 24.3 Å². The van der Waals surface area contributed by atoms with Gasteiger partial charge in [0.25, 0.3) is 0 Å². The molecule has 0 aliphatic rings. The molecule has 0 unspecified atom stereocenters. The van der Waals surface area contributed by atoms with E-state index < -0.39 is 0 Å². The molecule has 5 heteroatoms. The summed E-state index contributed by atoms with van der Waals surface area (Å²) in [5, 5.41) is 2.67. The van der Waals surface area contributed by atoms with Crippen molar-refractivity contribution in [2.24, 2.45) is 5.73 Å². The van der Waals surface area contributed by atoms with Crippen LogP contribution in [0.5, 0.6) is 11.5 Å². The average Bonchev–Trinajstić information content (AvgIpc) is 2.38. The van der Waals surface area contributed by atoms with E-state index in [-0.39, 0.29) is 12.5 Å². The molecule has 0 spiro atoms. The van der Waals surface area contributed by atoms with E-state index in [4.69, 9.17) is 15.2 Å². The highest BCUT2D eigenvalue weighted by molar-refractivity contribution is 5.77. The van der Waals surface area contributed by atoms with Gasteiger partial charge in [0.05, 0.1) is 20.3 Å². The van der Waals surface area contributed by atoms with Gasteiger partial charge in [0.2, 0.25) is 5.91 Å². The Labute approximate surface area is 101 Å². The molecule has 0 radical (unpaired) electrons. The predicted molar refractivity (Wildman–Crippen MR) is 65.2 cm³/mol. The summed E-state index contributed by atoms with van der Waals surface area (Å²) >= 11 is 0. The zero-order valence-corrected chi connectivity index (χ0v) is 9.94. The molecule has 5 nitrogen and oxygen atoms in total. The van der Waals surface area contributed by atoms with Gasteiger partial charge in [-0.2, -0.15) is 0 Å². The third kappa shape index (κ3) is 5.21. The highest BCUT2D eigenvalue weighted by Crippen LogP contribution is 2.18. The summed E-state index contributed by atoms with van der Waals surface area (Å²) in [5.41, 5.74) is 5.15. The van der Waals surface area contributed by atoms with E-state index in [1.54, 1.807) is 7.11 Å². The zero-order chi connectivity index (χ0) is 12.5. The Kier molecular flexibility index (Phi) is 5.88. The molecule has 0 saturated heterocycles. The van der Waals surface area contributed by atoms with Gasteiger partial charge in [0.1, 0.15) is 11.5 Å². The van der Waals surface area contributed by atoms with E-state index >= 15 is 0 Å². The van der Waals surface area contributed by atoms with Gasteiger partial charge in [-0.1, -0.05) is 6.07 Å². The first-order valence-electron chi connectivity index (χ1n) is 5.50. The summed E-state index contributed by atoms with van der Waals surface area (Å²) in [7, 11) is 1.61. The van der Waals surface area contributed by atoms with Crippen molar-refractivity contribution in [3.05, 3.63) is 24.3 Å². The summed E-state index contributed by atoms with van der Waals surface area (Å²) in [6.45, 7) is 1.13. The fourth-order valence-electron chi connectivity index (χ4n) is 1.25. The number of amides is 1. The van der Waals surface area contributed by atoms with E-state index in [2.05, 4.69) is 5.32 Å². The van der Waals surface area contributed by atoms with Crippen molar-refractivity contribution in [3.8, 4) is 11.5 Å². The lowest BCUT2D eigenvalue weighted by Crippen LogP contribution is -2.31. The van der Waals surface area contributed by atoms with Crippen LogP contribution >= 0.6 is 0 Å². The summed E-state index contributed by atoms with van der Waals surface area (Å²) in [6, 6.07) is 7.40. The molecule has 0 aliphatic carbocycles. The first-order chi connectivity index (χ1) is 8.26. The maximum Gasteiger partial charge on any atom is 0.233 e. The number of hydrogen-bond acceptors (Lipinski definition) is 4. The number of hydrogen-bond donors (Lipinski definition) is 2. The van der Waals surface area contributed by atoms with E-state index in [0.717, 1.165) is 17.9 Å². The minimum Gasteiger partial charge on any atom is -0.497 e. The Morgan fingerprint density at radius 3 is 2.88 bits per heavy atom. The molecular weight excluding hydrogens is 220 g/mol. The first-order valence-corrected chi connectivity index (χ1v) is 5.50. The molecule has 1 rings (SSSR count). The van der Waals surface area contributed by atoms with Gasteiger partial charge < -0.3 is 20.5 Å². The van der Waals surface area contributed by atoms with Gasteiger partial charge in [-0.15, -0.1) is 0 Å². The normalized spacial score (nSPS) is 9.76. The van der Waals surface area contributed by atoms with E-state index in [9.17, 15) is 4.79 Å². The minimum atomic E-state index is -0.147. The minimum absolute atomic E-state index is 0.0245. The molecule has 0 aromatic heterocycles. The van der Waals surface area contributed by atoms with Gasteiger partial charge in [0, 0.05) is 12.6 Å². The van der Waals surface area contributed by atoms with Crippen LogP contribution in [-0.4, -0.2) is 32.7 Å². The van der Waals surface area contributed by atoms with Gasteiger partial charge in [-0.05, 0) is 18.6 Å². The lowest BCUT2D eigenvalue weighted by molar-refractivity contribution is -0.119. The Balaban J connectivity index is 2.19. The molecule has 1 aromatic rings. The molecule has 0 fully saturated rings. The molecule has 0 atom stereocenters. The summed E-state index contributed by atoms with van der Waals surface area (Å²) in [6.07, 6.45) is 0.739. The van der Waals surface area contributed by atoms with Crippen LogP contribution < -0.4 is 20.5 Å². The molecule has 17 heavy (non-hydrogen) atoms. The first kappa shape index (κ1) is 13.3. The topological polar surface area (TPSA) is 73.6 Å². The van der Waals surface area contributed by atoms with Gasteiger partial charge in [-0.3, -0.25) is 4.79 Å². The number of nitrogens with one attached hydrogen (secondary N) is 1.